The monoisotopic (exact) mass is 384 g/mol. The van der Waals surface area contributed by atoms with E-state index in [0.29, 0.717) is 16.7 Å². The van der Waals surface area contributed by atoms with Crippen molar-refractivity contribution in [2.45, 2.75) is 19.5 Å². The van der Waals surface area contributed by atoms with Gasteiger partial charge in [0.15, 0.2) is 0 Å². The van der Waals surface area contributed by atoms with Crippen molar-refractivity contribution in [1.29, 1.82) is 0 Å². The van der Waals surface area contributed by atoms with Crippen molar-refractivity contribution in [3.05, 3.63) is 94.0 Å². The van der Waals surface area contributed by atoms with Gasteiger partial charge in [-0.1, -0.05) is 36.4 Å². The maximum atomic E-state index is 12.2. The van der Waals surface area contributed by atoms with Crippen molar-refractivity contribution >= 4 is 10.9 Å². The molecule has 5 rings (SSSR count). The molecule has 0 unspecified atom stereocenters. The van der Waals surface area contributed by atoms with Gasteiger partial charge in [-0.15, -0.1) is 0 Å². The fourth-order valence-corrected chi connectivity index (χ4v) is 3.72. The van der Waals surface area contributed by atoms with Gasteiger partial charge in [0.25, 0.3) is 5.56 Å². The molecule has 0 aliphatic carbocycles. The number of H-pyrrole nitrogens is 1. The van der Waals surface area contributed by atoms with Gasteiger partial charge in [0, 0.05) is 25.8 Å². The van der Waals surface area contributed by atoms with Crippen LogP contribution in [0, 0.1) is 0 Å². The minimum Gasteiger partial charge on any atom is -0.426 e. The van der Waals surface area contributed by atoms with Gasteiger partial charge in [0.1, 0.15) is 5.75 Å². The zero-order valence-corrected chi connectivity index (χ0v) is 15.8. The van der Waals surface area contributed by atoms with Crippen molar-refractivity contribution in [2.24, 2.45) is 0 Å². The van der Waals surface area contributed by atoms with Crippen LogP contribution in [0.3, 0.4) is 0 Å². The second-order valence-corrected chi connectivity index (χ2v) is 7.24. The lowest BCUT2D eigenvalue weighted by molar-refractivity contribution is 0.288. The van der Waals surface area contributed by atoms with Gasteiger partial charge >= 0.3 is 6.01 Å². The van der Waals surface area contributed by atoms with Gasteiger partial charge in [0.2, 0.25) is 0 Å². The minimum atomic E-state index is -0.236. The van der Waals surface area contributed by atoms with E-state index in [1.165, 1.54) is 16.7 Å². The van der Waals surface area contributed by atoms with Crippen molar-refractivity contribution in [3.8, 4) is 11.8 Å². The van der Waals surface area contributed by atoms with Crippen LogP contribution in [0.15, 0.2) is 71.8 Å². The summed E-state index contributed by atoms with van der Waals surface area (Å²) in [5.41, 5.74) is 4.20. The molecule has 0 fully saturated rings. The Morgan fingerprint density at radius 2 is 1.90 bits per heavy atom. The number of hydrogen-bond acceptors (Lipinski definition) is 5. The summed E-state index contributed by atoms with van der Waals surface area (Å²) in [4.78, 5) is 25.7. The van der Waals surface area contributed by atoms with Crippen LogP contribution in [0.2, 0.25) is 0 Å². The fourth-order valence-electron chi connectivity index (χ4n) is 3.72. The zero-order valence-electron chi connectivity index (χ0n) is 15.8. The normalized spacial score (nSPS) is 13.5. The summed E-state index contributed by atoms with van der Waals surface area (Å²) in [6, 6.07) is 18.4. The second-order valence-electron chi connectivity index (χ2n) is 7.24. The molecule has 1 N–H and O–H groups in total. The van der Waals surface area contributed by atoms with E-state index in [4.69, 9.17) is 4.74 Å². The lowest BCUT2D eigenvalue weighted by atomic mass is 10.1. The third kappa shape index (κ3) is 3.75. The first-order valence-corrected chi connectivity index (χ1v) is 9.64. The molecular formula is C23H20N4O2. The molecule has 6 nitrogen and oxygen atoms in total. The van der Waals surface area contributed by atoms with Crippen LogP contribution in [-0.2, 0) is 19.5 Å². The number of aromatic nitrogens is 3. The van der Waals surface area contributed by atoms with E-state index < -0.39 is 0 Å². The first-order valence-electron chi connectivity index (χ1n) is 9.64. The Labute approximate surface area is 167 Å². The van der Waals surface area contributed by atoms with Crippen molar-refractivity contribution in [1.82, 2.24) is 19.9 Å². The number of hydrogen-bond donors (Lipinski definition) is 1. The summed E-state index contributed by atoms with van der Waals surface area (Å²) in [6.45, 7) is 2.85. The zero-order chi connectivity index (χ0) is 19.6. The van der Waals surface area contributed by atoms with Crippen molar-refractivity contribution in [2.75, 3.05) is 6.54 Å². The van der Waals surface area contributed by atoms with Crippen LogP contribution in [0.25, 0.3) is 10.9 Å². The van der Waals surface area contributed by atoms with Crippen molar-refractivity contribution in [3.63, 3.8) is 0 Å². The highest BCUT2D eigenvalue weighted by atomic mass is 16.5. The minimum absolute atomic E-state index is 0.175. The van der Waals surface area contributed by atoms with Gasteiger partial charge in [-0.3, -0.25) is 19.7 Å². The SMILES string of the molecule is O=c1[nH]c(Oc2ccc3c(c2)CN(CCc2ccccc2)C3)nc2cnccc12. The summed E-state index contributed by atoms with van der Waals surface area (Å²) in [7, 11) is 0. The predicted molar refractivity (Wildman–Crippen MR) is 111 cm³/mol. The van der Waals surface area contributed by atoms with Gasteiger partial charge in [0.05, 0.1) is 17.1 Å². The maximum Gasteiger partial charge on any atom is 0.302 e. The largest absolute Gasteiger partial charge is 0.426 e. The lowest BCUT2D eigenvalue weighted by Gasteiger charge is -2.14. The van der Waals surface area contributed by atoms with Crippen LogP contribution < -0.4 is 10.3 Å². The average molecular weight is 384 g/mol. The molecule has 6 heteroatoms. The van der Waals surface area contributed by atoms with E-state index in [0.717, 1.165) is 26.1 Å². The number of ether oxygens (including phenoxy) is 1. The number of nitrogens with zero attached hydrogens (tertiary/aromatic N) is 3. The molecule has 0 bridgehead atoms. The first-order chi connectivity index (χ1) is 14.2. The number of aromatic amines is 1. The molecular weight excluding hydrogens is 364 g/mol. The second kappa shape index (κ2) is 7.48. The van der Waals surface area contributed by atoms with Gasteiger partial charge in [-0.05, 0) is 41.3 Å². The van der Waals surface area contributed by atoms with Crippen LogP contribution in [0.1, 0.15) is 16.7 Å². The Morgan fingerprint density at radius 3 is 2.79 bits per heavy atom. The smallest absolute Gasteiger partial charge is 0.302 e. The molecule has 29 heavy (non-hydrogen) atoms. The first kappa shape index (κ1) is 17.6. The highest BCUT2D eigenvalue weighted by Crippen LogP contribution is 2.28. The maximum absolute atomic E-state index is 12.2. The Hall–Kier alpha value is -3.51. The Morgan fingerprint density at radius 1 is 1.03 bits per heavy atom. The van der Waals surface area contributed by atoms with E-state index >= 15 is 0 Å². The van der Waals surface area contributed by atoms with E-state index in [1.807, 2.05) is 18.2 Å². The number of benzene rings is 2. The molecule has 0 amide bonds. The molecule has 0 spiro atoms. The topological polar surface area (TPSA) is 71.1 Å². The summed E-state index contributed by atoms with van der Waals surface area (Å²) in [5.74, 6) is 0.667. The quantitative estimate of drug-likeness (QED) is 0.568. The van der Waals surface area contributed by atoms with Gasteiger partial charge < -0.3 is 4.74 Å². The standard InChI is InChI=1S/C23H20N4O2/c28-22-20-8-10-24-13-21(20)25-23(26-22)29-19-7-6-17-14-27(15-18(17)12-19)11-9-16-4-2-1-3-5-16/h1-8,10,12-13H,9,11,14-15H2,(H,25,26,28). The van der Waals surface area contributed by atoms with E-state index in [1.54, 1.807) is 18.5 Å². The summed E-state index contributed by atoms with van der Waals surface area (Å²) >= 11 is 0. The van der Waals surface area contributed by atoms with Gasteiger partial charge in [-0.2, -0.15) is 4.98 Å². The Balaban J connectivity index is 1.29. The summed E-state index contributed by atoms with van der Waals surface area (Å²) in [6.07, 6.45) is 4.17. The van der Waals surface area contributed by atoms with Crippen LogP contribution in [0.4, 0.5) is 0 Å². The van der Waals surface area contributed by atoms with Crippen LogP contribution in [-0.4, -0.2) is 26.4 Å². The Bertz CT molecular complexity index is 1220. The molecule has 4 aromatic rings. The Kier molecular flexibility index (Phi) is 4.54. The van der Waals surface area contributed by atoms with Gasteiger partial charge in [-0.25, -0.2) is 0 Å². The predicted octanol–water partition coefficient (Wildman–Crippen LogP) is 3.67. The van der Waals surface area contributed by atoms with E-state index in [9.17, 15) is 4.79 Å². The molecule has 1 aliphatic rings. The summed E-state index contributed by atoms with van der Waals surface area (Å²) in [5, 5.41) is 0.496. The number of rotatable bonds is 5. The number of pyridine rings is 1. The molecule has 0 saturated carbocycles. The molecule has 0 radical (unpaired) electrons. The molecule has 0 atom stereocenters. The molecule has 2 aromatic heterocycles. The molecule has 3 heterocycles. The third-order valence-corrected chi connectivity index (χ3v) is 5.23. The lowest BCUT2D eigenvalue weighted by Crippen LogP contribution is -2.19. The molecule has 1 aliphatic heterocycles. The molecule has 144 valence electrons. The van der Waals surface area contributed by atoms with E-state index in [-0.39, 0.29) is 11.6 Å². The highest BCUT2D eigenvalue weighted by molar-refractivity contribution is 5.76. The van der Waals surface area contributed by atoms with Crippen LogP contribution >= 0.6 is 0 Å². The fraction of sp³-hybridized carbons (Fsp3) is 0.174. The third-order valence-electron chi connectivity index (χ3n) is 5.23. The molecule has 0 saturated heterocycles. The number of fused-ring (bicyclic) bond motifs is 2. The number of nitrogens with one attached hydrogen (secondary N) is 1. The van der Waals surface area contributed by atoms with Crippen molar-refractivity contribution < 1.29 is 4.74 Å². The highest BCUT2D eigenvalue weighted by Gasteiger charge is 2.19. The van der Waals surface area contributed by atoms with E-state index in [2.05, 4.69) is 50.2 Å². The average Bonchev–Trinajstić information content (AvgIpc) is 3.15. The molecule has 2 aromatic carbocycles. The summed E-state index contributed by atoms with van der Waals surface area (Å²) < 4.78 is 5.84. The van der Waals surface area contributed by atoms with Crippen LogP contribution in [0.5, 0.6) is 11.8 Å².